The second kappa shape index (κ2) is 7.82. The standard InChI is InChI=1S/C14H28N2O3/c1-4-5-10-19-12(2)13(17)15-11-14(18)6-8-16(3)9-7-14/h12,18H,4-11H2,1-3H3,(H,15,17)/t12-/m1/s1. The zero-order valence-corrected chi connectivity index (χ0v) is 12.4. The van der Waals surface area contributed by atoms with Gasteiger partial charge in [0.05, 0.1) is 5.60 Å². The molecule has 1 amide bonds. The van der Waals surface area contributed by atoms with E-state index in [4.69, 9.17) is 4.74 Å². The fourth-order valence-electron chi connectivity index (χ4n) is 2.09. The molecule has 0 bridgehead atoms. The first-order valence-electron chi connectivity index (χ1n) is 7.27. The molecule has 0 spiro atoms. The van der Waals surface area contributed by atoms with E-state index in [1.54, 1.807) is 6.92 Å². The molecule has 5 nitrogen and oxygen atoms in total. The molecule has 0 unspecified atom stereocenters. The second-order valence-electron chi connectivity index (χ2n) is 5.61. The molecule has 19 heavy (non-hydrogen) atoms. The Bertz CT molecular complexity index is 276. The van der Waals surface area contributed by atoms with E-state index in [0.717, 1.165) is 25.9 Å². The van der Waals surface area contributed by atoms with Gasteiger partial charge >= 0.3 is 0 Å². The van der Waals surface area contributed by atoms with E-state index >= 15 is 0 Å². The summed E-state index contributed by atoms with van der Waals surface area (Å²) < 4.78 is 5.43. The van der Waals surface area contributed by atoms with E-state index in [2.05, 4.69) is 17.1 Å². The number of aliphatic hydroxyl groups is 1. The molecule has 1 aliphatic rings. The number of nitrogens with one attached hydrogen (secondary N) is 1. The number of likely N-dealkylation sites (tertiary alicyclic amines) is 1. The first kappa shape index (κ1) is 16.4. The summed E-state index contributed by atoms with van der Waals surface area (Å²) in [5.74, 6) is -0.136. The van der Waals surface area contributed by atoms with Gasteiger partial charge in [0.15, 0.2) is 0 Å². The van der Waals surface area contributed by atoms with Crippen molar-refractivity contribution in [3.63, 3.8) is 0 Å². The fraction of sp³-hybridized carbons (Fsp3) is 0.929. The van der Waals surface area contributed by atoms with Gasteiger partial charge in [0, 0.05) is 26.2 Å². The number of rotatable bonds is 7. The summed E-state index contributed by atoms with van der Waals surface area (Å²) in [6, 6.07) is 0. The van der Waals surface area contributed by atoms with Crippen molar-refractivity contribution in [3.05, 3.63) is 0 Å². The molecule has 0 aromatic carbocycles. The normalized spacial score (nSPS) is 21.1. The number of unbranched alkanes of at least 4 members (excludes halogenated alkanes) is 1. The van der Waals surface area contributed by atoms with Crippen molar-refractivity contribution in [1.82, 2.24) is 10.2 Å². The maximum atomic E-state index is 11.8. The van der Waals surface area contributed by atoms with Gasteiger partial charge in [0.2, 0.25) is 5.91 Å². The van der Waals surface area contributed by atoms with Crippen LogP contribution in [0.4, 0.5) is 0 Å². The molecular weight excluding hydrogens is 244 g/mol. The van der Waals surface area contributed by atoms with Gasteiger partial charge in [-0.3, -0.25) is 4.79 Å². The molecule has 1 heterocycles. The van der Waals surface area contributed by atoms with Crippen molar-refractivity contribution >= 4 is 5.91 Å². The smallest absolute Gasteiger partial charge is 0.248 e. The summed E-state index contributed by atoms with van der Waals surface area (Å²) in [6.45, 7) is 6.51. The molecule has 1 aliphatic heterocycles. The number of ether oxygens (including phenoxy) is 1. The topological polar surface area (TPSA) is 61.8 Å². The van der Waals surface area contributed by atoms with Crippen LogP contribution in [0, 0.1) is 0 Å². The van der Waals surface area contributed by atoms with Crippen LogP contribution in [0.25, 0.3) is 0 Å². The first-order valence-corrected chi connectivity index (χ1v) is 7.27. The largest absolute Gasteiger partial charge is 0.388 e. The highest BCUT2D eigenvalue weighted by Gasteiger charge is 2.31. The molecule has 0 saturated carbocycles. The highest BCUT2D eigenvalue weighted by Crippen LogP contribution is 2.20. The van der Waals surface area contributed by atoms with Crippen LogP contribution in [0.2, 0.25) is 0 Å². The zero-order chi connectivity index (χ0) is 14.3. The van der Waals surface area contributed by atoms with Crippen molar-refractivity contribution in [2.45, 2.75) is 51.2 Å². The lowest BCUT2D eigenvalue weighted by Crippen LogP contribution is -2.51. The summed E-state index contributed by atoms with van der Waals surface area (Å²) in [4.78, 5) is 14.0. The number of hydrogen-bond acceptors (Lipinski definition) is 4. The Kier molecular flexibility index (Phi) is 6.75. The molecule has 5 heteroatoms. The number of carbonyl (C=O) groups excluding carboxylic acids is 1. The molecule has 2 N–H and O–H groups in total. The predicted octanol–water partition coefficient (Wildman–Crippen LogP) is 0.765. The van der Waals surface area contributed by atoms with E-state index in [-0.39, 0.29) is 5.91 Å². The number of amides is 1. The highest BCUT2D eigenvalue weighted by atomic mass is 16.5. The average Bonchev–Trinajstić information content (AvgIpc) is 2.40. The van der Waals surface area contributed by atoms with Crippen LogP contribution in [0.3, 0.4) is 0 Å². The number of piperidine rings is 1. The molecule has 0 radical (unpaired) electrons. The van der Waals surface area contributed by atoms with Crippen molar-refractivity contribution in [2.24, 2.45) is 0 Å². The van der Waals surface area contributed by atoms with Gasteiger partial charge in [0.25, 0.3) is 0 Å². The van der Waals surface area contributed by atoms with Crippen LogP contribution in [0.5, 0.6) is 0 Å². The monoisotopic (exact) mass is 272 g/mol. The lowest BCUT2D eigenvalue weighted by Gasteiger charge is -2.36. The maximum Gasteiger partial charge on any atom is 0.248 e. The quantitative estimate of drug-likeness (QED) is 0.672. The molecule has 1 fully saturated rings. The Morgan fingerprint density at radius 3 is 2.68 bits per heavy atom. The van der Waals surface area contributed by atoms with Crippen LogP contribution in [0.15, 0.2) is 0 Å². The Morgan fingerprint density at radius 2 is 2.11 bits per heavy atom. The van der Waals surface area contributed by atoms with Gasteiger partial charge in [0.1, 0.15) is 6.10 Å². The summed E-state index contributed by atoms with van der Waals surface area (Å²) >= 11 is 0. The molecule has 0 aromatic rings. The summed E-state index contributed by atoms with van der Waals surface area (Å²) in [5, 5.41) is 13.2. The van der Waals surface area contributed by atoms with E-state index in [9.17, 15) is 9.90 Å². The Labute approximate surface area is 116 Å². The van der Waals surface area contributed by atoms with E-state index < -0.39 is 11.7 Å². The Balaban J connectivity index is 2.25. The predicted molar refractivity (Wildman–Crippen MR) is 75.0 cm³/mol. The van der Waals surface area contributed by atoms with Crippen LogP contribution in [0.1, 0.15) is 39.5 Å². The van der Waals surface area contributed by atoms with E-state index in [1.807, 2.05) is 7.05 Å². The van der Waals surface area contributed by atoms with Crippen LogP contribution >= 0.6 is 0 Å². The minimum atomic E-state index is -0.759. The maximum absolute atomic E-state index is 11.8. The molecule has 1 atom stereocenters. The van der Waals surface area contributed by atoms with Gasteiger partial charge in [-0.1, -0.05) is 13.3 Å². The van der Waals surface area contributed by atoms with Gasteiger partial charge in [-0.25, -0.2) is 0 Å². The van der Waals surface area contributed by atoms with Crippen LogP contribution < -0.4 is 5.32 Å². The number of nitrogens with zero attached hydrogens (tertiary/aromatic N) is 1. The first-order chi connectivity index (χ1) is 8.97. The Morgan fingerprint density at radius 1 is 1.47 bits per heavy atom. The van der Waals surface area contributed by atoms with Crippen molar-refractivity contribution < 1.29 is 14.6 Å². The Hall–Kier alpha value is -0.650. The van der Waals surface area contributed by atoms with Gasteiger partial charge < -0.3 is 20.1 Å². The zero-order valence-electron chi connectivity index (χ0n) is 12.4. The molecule has 0 aromatic heterocycles. The third-order valence-electron chi connectivity index (χ3n) is 3.74. The summed E-state index contributed by atoms with van der Waals surface area (Å²) in [7, 11) is 2.04. The average molecular weight is 272 g/mol. The molecule has 1 rings (SSSR count). The lowest BCUT2D eigenvalue weighted by atomic mass is 9.91. The van der Waals surface area contributed by atoms with Crippen molar-refractivity contribution in [2.75, 3.05) is 33.3 Å². The SMILES string of the molecule is CCCCO[C@H](C)C(=O)NCC1(O)CCN(C)CC1. The number of carbonyl (C=O) groups is 1. The lowest BCUT2D eigenvalue weighted by molar-refractivity contribution is -0.133. The fourth-order valence-corrected chi connectivity index (χ4v) is 2.09. The molecule has 1 saturated heterocycles. The van der Waals surface area contributed by atoms with Crippen molar-refractivity contribution in [3.8, 4) is 0 Å². The highest BCUT2D eigenvalue weighted by molar-refractivity contribution is 5.80. The minimum absolute atomic E-state index is 0.136. The van der Waals surface area contributed by atoms with Crippen LogP contribution in [-0.4, -0.2) is 60.9 Å². The van der Waals surface area contributed by atoms with Gasteiger partial charge in [-0.15, -0.1) is 0 Å². The third-order valence-corrected chi connectivity index (χ3v) is 3.74. The summed E-state index contributed by atoms with van der Waals surface area (Å²) in [5.41, 5.74) is -0.759. The van der Waals surface area contributed by atoms with Crippen LogP contribution in [-0.2, 0) is 9.53 Å². The molecular formula is C14H28N2O3. The summed E-state index contributed by atoms with van der Waals surface area (Å²) in [6.07, 6.45) is 2.99. The molecule has 0 aliphatic carbocycles. The second-order valence-corrected chi connectivity index (χ2v) is 5.61. The van der Waals surface area contributed by atoms with E-state index in [0.29, 0.717) is 26.0 Å². The minimum Gasteiger partial charge on any atom is -0.388 e. The van der Waals surface area contributed by atoms with E-state index in [1.165, 1.54) is 0 Å². The number of hydrogen-bond donors (Lipinski definition) is 2. The third kappa shape index (κ3) is 5.89. The van der Waals surface area contributed by atoms with Gasteiger partial charge in [-0.2, -0.15) is 0 Å². The van der Waals surface area contributed by atoms with Gasteiger partial charge in [-0.05, 0) is 33.2 Å². The van der Waals surface area contributed by atoms with Crippen molar-refractivity contribution in [1.29, 1.82) is 0 Å². The molecule has 112 valence electrons.